The summed E-state index contributed by atoms with van der Waals surface area (Å²) >= 11 is 4.24. The number of ether oxygens (including phenoxy) is 1. The van der Waals surface area contributed by atoms with Crippen LogP contribution >= 0.6 is 12.6 Å². The van der Waals surface area contributed by atoms with Crippen molar-refractivity contribution >= 4 is 29.6 Å². The van der Waals surface area contributed by atoms with Gasteiger partial charge in [-0.15, -0.1) is 0 Å². The molecule has 8 nitrogen and oxygen atoms in total. The molecule has 2 aromatic rings. The van der Waals surface area contributed by atoms with Crippen LogP contribution in [0.1, 0.15) is 6.23 Å². The van der Waals surface area contributed by atoms with Crippen molar-refractivity contribution < 1.29 is 14.9 Å². The van der Waals surface area contributed by atoms with Gasteiger partial charge in [-0.2, -0.15) is 12.6 Å². The number of thiol groups is 1. The average molecular weight is 283 g/mol. The molecule has 2 aromatic heterocycles. The van der Waals surface area contributed by atoms with Crippen molar-refractivity contribution in [1.82, 2.24) is 19.5 Å². The van der Waals surface area contributed by atoms with Crippen LogP contribution in [0.4, 0.5) is 5.82 Å². The lowest BCUT2D eigenvalue weighted by molar-refractivity contribution is -0.0486. The van der Waals surface area contributed by atoms with Gasteiger partial charge in [0.05, 0.1) is 24.3 Å². The topological polar surface area (TPSA) is 119 Å². The largest absolute Gasteiger partial charge is 0.394 e. The van der Waals surface area contributed by atoms with Crippen molar-refractivity contribution in [3.63, 3.8) is 0 Å². The number of hydrogen-bond acceptors (Lipinski definition) is 8. The normalized spacial score (nSPS) is 31.1. The third-order valence-corrected chi connectivity index (χ3v) is 3.82. The van der Waals surface area contributed by atoms with Crippen molar-refractivity contribution in [3.8, 4) is 0 Å². The maximum atomic E-state index is 10.1. The predicted molar refractivity (Wildman–Crippen MR) is 69.5 cm³/mol. The highest BCUT2D eigenvalue weighted by Gasteiger charge is 2.42. The molecular weight excluding hydrogens is 270 g/mol. The minimum absolute atomic E-state index is 0.217. The molecule has 1 aliphatic heterocycles. The van der Waals surface area contributed by atoms with E-state index < -0.39 is 23.7 Å². The van der Waals surface area contributed by atoms with Crippen LogP contribution in [0.25, 0.3) is 11.2 Å². The Morgan fingerprint density at radius 3 is 2.89 bits per heavy atom. The number of hydrogen-bond donors (Lipinski definition) is 4. The van der Waals surface area contributed by atoms with Crippen LogP contribution in [0.15, 0.2) is 12.7 Å². The van der Waals surface area contributed by atoms with Gasteiger partial charge in [0.2, 0.25) is 0 Å². The highest BCUT2D eigenvalue weighted by Crippen LogP contribution is 2.34. The molecule has 0 amide bonds. The number of aliphatic hydroxyl groups excluding tert-OH is 2. The molecule has 0 saturated carbocycles. The number of nitrogens with two attached hydrogens (primary N) is 1. The van der Waals surface area contributed by atoms with E-state index in [9.17, 15) is 10.2 Å². The Hall–Kier alpha value is -1.42. The summed E-state index contributed by atoms with van der Waals surface area (Å²) in [6, 6.07) is 0. The van der Waals surface area contributed by atoms with Crippen molar-refractivity contribution in [2.24, 2.45) is 0 Å². The smallest absolute Gasteiger partial charge is 0.167 e. The Morgan fingerprint density at radius 2 is 2.21 bits per heavy atom. The summed E-state index contributed by atoms with van der Waals surface area (Å²) in [5.74, 6) is 0.261. The molecule has 3 rings (SSSR count). The number of fused-ring (bicyclic) bond motifs is 1. The fourth-order valence-electron chi connectivity index (χ4n) is 2.17. The highest BCUT2D eigenvalue weighted by atomic mass is 32.1. The molecule has 0 aliphatic carbocycles. The third kappa shape index (κ3) is 1.86. The van der Waals surface area contributed by atoms with E-state index in [0.717, 1.165) is 0 Å². The zero-order valence-corrected chi connectivity index (χ0v) is 10.7. The van der Waals surface area contributed by atoms with Crippen molar-refractivity contribution in [3.05, 3.63) is 12.7 Å². The van der Waals surface area contributed by atoms with Gasteiger partial charge in [-0.1, -0.05) is 0 Å². The molecule has 0 aromatic carbocycles. The van der Waals surface area contributed by atoms with Gasteiger partial charge in [0, 0.05) is 0 Å². The summed E-state index contributed by atoms with van der Waals surface area (Å²) in [6.45, 7) is -0.217. The lowest BCUT2D eigenvalue weighted by Crippen LogP contribution is -2.28. The molecule has 0 spiro atoms. The summed E-state index contributed by atoms with van der Waals surface area (Å²) in [5, 5.41) is 18.8. The van der Waals surface area contributed by atoms with Gasteiger partial charge in [0.1, 0.15) is 17.9 Å². The van der Waals surface area contributed by atoms with Gasteiger partial charge in [0.15, 0.2) is 17.7 Å². The molecule has 4 N–H and O–H groups in total. The molecule has 1 saturated heterocycles. The van der Waals surface area contributed by atoms with E-state index in [1.165, 1.54) is 12.7 Å². The van der Waals surface area contributed by atoms with Crippen LogP contribution in [0, 0.1) is 0 Å². The first kappa shape index (κ1) is 12.6. The maximum Gasteiger partial charge on any atom is 0.167 e. The van der Waals surface area contributed by atoms with Crippen molar-refractivity contribution in [2.45, 2.75) is 23.7 Å². The standard InChI is InChI=1S/C10H13N5O3S/c11-8-5-9(13-2-12-8)15(3-14-5)10-6(17)7(19)4(1-16)18-10/h2-4,6-7,10,16-17,19H,1H2,(H2,11,12,13)/t4-,6+,7+,10+/m0/s1. The molecule has 19 heavy (non-hydrogen) atoms. The number of aromatic nitrogens is 4. The van der Waals surface area contributed by atoms with Crippen LogP contribution in [-0.2, 0) is 4.74 Å². The highest BCUT2D eigenvalue weighted by molar-refractivity contribution is 7.81. The predicted octanol–water partition coefficient (Wildman–Crippen LogP) is -1.04. The fraction of sp³-hybridized carbons (Fsp3) is 0.500. The van der Waals surface area contributed by atoms with Gasteiger partial charge in [-0.05, 0) is 0 Å². The van der Waals surface area contributed by atoms with Crippen LogP contribution < -0.4 is 5.73 Å². The zero-order valence-electron chi connectivity index (χ0n) is 9.79. The number of rotatable bonds is 2. The number of anilines is 1. The van der Waals surface area contributed by atoms with E-state index in [1.54, 1.807) is 4.57 Å². The molecule has 3 heterocycles. The second-order valence-electron chi connectivity index (χ2n) is 4.31. The number of nitrogen functional groups attached to an aromatic ring is 1. The Bertz CT molecular complexity index is 606. The monoisotopic (exact) mass is 283 g/mol. The Labute approximate surface area is 113 Å². The Morgan fingerprint density at radius 1 is 1.42 bits per heavy atom. The first-order chi connectivity index (χ1) is 9.13. The maximum absolute atomic E-state index is 10.1. The van der Waals surface area contributed by atoms with Gasteiger partial charge < -0.3 is 20.7 Å². The second-order valence-corrected chi connectivity index (χ2v) is 4.91. The second kappa shape index (κ2) is 4.60. The third-order valence-electron chi connectivity index (χ3n) is 3.18. The fourth-order valence-corrected chi connectivity index (χ4v) is 2.48. The molecule has 4 atom stereocenters. The van der Waals surface area contributed by atoms with Crippen molar-refractivity contribution in [1.29, 1.82) is 0 Å². The minimum atomic E-state index is -0.880. The first-order valence-corrected chi connectivity index (χ1v) is 6.20. The summed E-state index contributed by atoms with van der Waals surface area (Å²) in [7, 11) is 0. The zero-order chi connectivity index (χ0) is 13.6. The van der Waals surface area contributed by atoms with E-state index in [4.69, 9.17) is 10.5 Å². The minimum Gasteiger partial charge on any atom is -0.394 e. The van der Waals surface area contributed by atoms with Gasteiger partial charge in [0.25, 0.3) is 0 Å². The number of aliphatic hydroxyl groups is 2. The molecule has 102 valence electrons. The van der Waals surface area contributed by atoms with Gasteiger partial charge >= 0.3 is 0 Å². The van der Waals surface area contributed by atoms with Crippen LogP contribution in [0.3, 0.4) is 0 Å². The quantitative estimate of drug-likeness (QED) is 0.520. The molecule has 1 aliphatic rings. The SMILES string of the molecule is Nc1ncnc2c1ncn2[C@@H]1O[C@@H](CO)[C@@H](S)[C@H]1O. The van der Waals surface area contributed by atoms with Crippen LogP contribution in [0.2, 0.25) is 0 Å². The molecular formula is C10H13N5O3S. The average Bonchev–Trinajstić information content (AvgIpc) is 2.94. The lowest BCUT2D eigenvalue weighted by Gasteiger charge is -2.16. The molecule has 0 radical (unpaired) electrons. The van der Waals surface area contributed by atoms with E-state index >= 15 is 0 Å². The number of nitrogens with zero attached hydrogens (tertiary/aromatic N) is 4. The summed E-state index contributed by atoms with van der Waals surface area (Å²) in [6.07, 6.45) is 0.663. The first-order valence-electron chi connectivity index (χ1n) is 5.69. The number of imidazole rings is 1. The molecule has 0 unspecified atom stereocenters. The Balaban J connectivity index is 2.04. The van der Waals surface area contributed by atoms with E-state index in [0.29, 0.717) is 11.2 Å². The molecule has 1 fully saturated rings. The summed E-state index contributed by atoms with van der Waals surface area (Å²) < 4.78 is 7.14. The van der Waals surface area contributed by atoms with Gasteiger partial charge in [-0.3, -0.25) is 4.57 Å². The molecule has 0 bridgehead atoms. The summed E-state index contributed by atoms with van der Waals surface area (Å²) in [5.41, 5.74) is 6.61. The lowest BCUT2D eigenvalue weighted by atomic mass is 10.2. The Kier molecular flexibility index (Phi) is 3.05. The van der Waals surface area contributed by atoms with E-state index in [2.05, 4.69) is 27.6 Å². The van der Waals surface area contributed by atoms with Crippen molar-refractivity contribution in [2.75, 3.05) is 12.3 Å². The summed E-state index contributed by atoms with van der Waals surface area (Å²) in [4.78, 5) is 12.0. The van der Waals surface area contributed by atoms with E-state index in [1.807, 2.05) is 0 Å². The molecule has 9 heteroatoms. The van der Waals surface area contributed by atoms with Crippen LogP contribution in [-0.4, -0.2) is 53.8 Å². The van der Waals surface area contributed by atoms with Crippen LogP contribution in [0.5, 0.6) is 0 Å². The van der Waals surface area contributed by atoms with E-state index in [-0.39, 0.29) is 12.4 Å². The van der Waals surface area contributed by atoms with Gasteiger partial charge in [-0.25, -0.2) is 15.0 Å².